The lowest BCUT2D eigenvalue weighted by Gasteiger charge is -2.17. The van der Waals surface area contributed by atoms with Gasteiger partial charge in [0.2, 0.25) is 0 Å². The zero-order valence-corrected chi connectivity index (χ0v) is 35.9. The monoisotopic (exact) mass is 843 g/mol. The second kappa shape index (κ2) is 15.2. The van der Waals surface area contributed by atoms with E-state index in [-0.39, 0.29) is 0 Å². The molecule has 4 heteroatoms. The van der Waals surface area contributed by atoms with E-state index in [1.807, 2.05) is 0 Å². The number of fused-ring (bicyclic) bond motifs is 7. The van der Waals surface area contributed by atoms with E-state index in [2.05, 4.69) is 224 Å². The van der Waals surface area contributed by atoms with Crippen LogP contribution in [0.3, 0.4) is 0 Å². The highest BCUT2D eigenvalue weighted by atomic mass is 32.1. The normalized spacial score (nSPS) is 11.7. The first-order valence-corrected chi connectivity index (χ1v) is 22.8. The molecule has 13 rings (SSSR count). The van der Waals surface area contributed by atoms with Gasteiger partial charge >= 0.3 is 0 Å². The van der Waals surface area contributed by atoms with Gasteiger partial charge < -0.3 is 0 Å². The van der Waals surface area contributed by atoms with E-state index >= 15 is 0 Å². The summed E-state index contributed by atoms with van der Waals surface area (Å²) in [5, 5.41) is 11.7. The molecular weight excluding hydrogens is 807 g/mol. The highest BCUT2D eigenvalue weighted by Gasteiger charge is 2.22. The molecule has 0 atom stereocenters. The molecule has 0 N–H and O–H groups in total. The molecule has 0 fully saturated rings. The predicted octanol–water partition coefficient (Wildman–Crippen LogP) is 16.9. The van der Waals surface area contributed by atoms with Crippen molar-refractivity contribution in [1.82, 2.24) is 15.0 Å². The van der Waals surface area contributed by atoms with Gasteiger partial charge in [0, 0.05) is 36.9 Å². The van der Waals surface area contributed by atoms with Gasteiger partial charge in [-0.3, -0.25) is 0 Å². The zero-order chi connectivity index (χ0) is 42.8. The average Bonchev–Trinajstić information content (AvgIpc) is 3.77. The SMILES string of the molecule is c1ccc(-c2ccc3ccc(-c4ccc(-c5nc(-c6c(-c7cccc8ccccc78)ccc7ccccc67)nc(-c6cccc7c6sc6ccccc67)n5)c5ccccc45)cc3c2)cc1. The van der Waals surface area contributed by atoms with Crippen molar-refractivity contribution in [3.63, 3.8) is 0 Å². The molecule has 0 saturated heterocycles. The molecule has 13 aromatic rings. The molecule has 0 amide bonds. The third kappa shape index (κ3) is 6.30. The third-order valence-electron chi connectivity index (χ3n) is 12.9. The van der Waals surface area contributed by atoms with Crippen LogP contribution in [0.2, 0.25) is 0 Å². The number of benzene rings is 11. The second-order valence-electron chi connectivity index (χ2n) is 16.7. The third-order valence-corrected chi connectivity index (χ3v) is 14.2. The lowest BCUT2D eigenvalue weighted by Crippen LogP contribution is -2.02. The Kier molecular flexibility index (Phi) is 8.71. The number of aromatic nitrogens is 3. The van der Waals surface area contributed by atoms with Gasteiger partial charge in [0.25, 0.3) is 0 Å². The Balaban J connectivity index is 1.06. The van der Waals surface area contributed by atoms with E-state index in [9.17, 15) is 0 Å². The molecule has 2 aromatic heterocycles. The Morgan fingerprint density at radius 3 is 1.63 bits per heavy atom. The van der Waals surface area contributed by atoms with Crippen LogP contribution in [-0.4, -0.2) is 15.0 Å². The van der Waals surface area contributed by atoms with Crippen LogP contribution in [0.25, 0.3) is 131 Å². The van der Waals surface area contributed by atoms with Crippen LogP contribution < -0.4 is 0 Å². The van der Waals surface area contributed by atoms with Gasteiger partial charge in [-0.2, -0.15) is 0 Å². The van der Waals surface area contributed by atoms with Crippen LogP contribution in [0.5, 0.6) is 0 Å². The number of hydrogen-bond donors (Lipinski definition) is 0. The van der Waals surface area contributed by atoms with Crippen LogP contribution in [0.4, 0.5) is 0 Å². The summed E-state index contributed by atoms with van der Waals surface area (Å²) in [4.78, 5) is 16.5. The predicted molar refractivity (Wildman–Crippen MR) is 275 cm³/mol. The Bertz CT molecular complexity index is 4010. The highest BCUT2D eigenvalue weighted by Crippen LogP contribution is 2.44. The van der Waals surface area contributed by atoms with E-state index in [0.717, 1.165) is 65.2 Å². The van der Waals surface area contributed by atoms with Gasteiger partial charge in [-0.1, -0.05) is 194 Å². The van der Waals surface area contributed by atoms with Gasteiger partial charge in [-0.25, -0.2) is 15.0 Å². The first-order valence-electron chi connectivity index (χ1n) is 22.0. The van der Waals surface area contributed by atoms with Crippen molar-refractivity contribution in [1.29, 1.82) is 0 Å². The molecule has 65 heavy (non-hydrogen) atoms. The summed E-state index contributed by atoms with van der Waals surface area (Å²) < 4.78 is 2.40. The molecule has 0 aliphatic heterocycles. The van der Waals surface area contributed by atoms with Crippen LogP contribution in [-0.2, 0) is 0 Å². The molecule has 0 saturated carbocycles. The van der Waals surface area contributed by atoms with Crippen LogP contribution in [0, 0.1) is 0 Å². The minimum absolute atomic E-state index is 0.633. The summed E-state index contributed by atoms with van der Waals surface area (Å²) in [7, 11) is 0. The quantitative estimate of drug-likeness (QED) is 0.167. The summed E-state index contributed by atoms with van der Waals surface area (Å²) >= 11 is 1.79. The molecule has 0 bridgehead atoms. The van der Waals surface area contributed by atoms with Crippen molar-refractivity contribution >= 4 is 74.6 Å². The fraction of sp³-hybridized carbons (Fsp3) is 0. The highest BCUT2D eigenvalue weighted by molar-refractivity contribution is 7.26. The van der Waals surface area contributed by atoms with Crippen molar-refractivity contribution in [2.24, 2.45) is 0 Å². The fourth-order valence-corrected chi connectivity index (χ4v) is 11.0. The molecule has 3 nitrogen and oxygen atoms in total. The maximum absolute atomic E-state index is 5.55. The second-order valence-corrected chi connectivity index (χ2v) is 17.7. The van der Waals surface area contributed by atoms with E-state index < -0.39 is 0 Å². The summed E-state index contributed by atoms with van der Waals surface area (Å²) in [6.45, 7) is 0. The Morgan fingerprint density at radius 1 is 0.262 bits per heavy atom. The lowest BCUT2D eigenvalue weighted by atomic mass is 9.90. The average molecular weight is 844 g/mol. The number of nitrogens with zero attached hydrogens (tertiary/aromatic N) is 3. The maximum Gasteiger partial charge on any atom is 0.165 e. The van der Waals surface area contributed by atoms with E-state index in [1.54, 1.807) is 11.3 Å². The fourth-order valence-electron chi connectivity index (χ4n) is 9.82. The maximum atomic E-state index is 5.55. The Hall–Kier alpha value is -8.31. The number of hydrogen-bond acceptors (Lipinski definition) is 4. The molecule has 0 radical (unpaired) electrons. The van der Waals surface area contributed by atoms with Crippen molar-refractivity contribution in [3.8, 4) is 67.5 Å². The van der Waals surface area contributed by atoms with Crippen LogP contribution >= 0.6 is 11.3 Å². The Morgan fingerprint density at radius 2 is 0.800 bits per heavy atom. The zero-order valence-electron chi connectivity index (χ0n) is 35.1. The smallest absolute Gasteiger partial charge is 0.165 e. The minimum Gasteiger partial charge on any atom is -0.208 e. The topological polar surface area (TPSA) is 38.7 Å². The van der Waals surface area contributed by atoms with Crippen molar-refractivity contribution in [3.05, 3.63) is 224 Å². The summed E-state index contributed by atoms with van der Waals surface area (Å²) in [5.41, 5.74) is 9.89. The van der Waals surface area contributed by atoms with E-state index in [4.69, 9.17) is 15.0 Å². The van der Waals surface area contributed by atoms with Crippen molar-refractivity contribution in [2.45, 2.75) is 0 Å². The summed E-state index contributed by atoms with van der Waals surface area (Å²) in [6.07, 6.45) is 0. The van der Waals surface area contributed by atoms with Crippen molar-refractivity contribution < 1.29 is 0 Å². The molecule has 0 spiro atoms. The van der Waals surface area contributed by atoms with Gasteiger partial charge in [-0.05, 0) is 107 Å². The van der Waals surface area contributed by atoms with E-state index in [1.165, 1.54) is 48.1 Å². The summed E-state index contributed by atoms with van der Waals surface area (Å²) in [6, 6.07) is 80.6. The molecular formula is C61H37N3S. The lowest BCUT2D eigenvalue weighted by molar-refractivity contribution is 1.08. The Labute approximate surface area is 379 Å². The van der Waals surface area contributed by atoms with Gasteiger partial charge in [0.05, 0.1) is 0 Å². The largest absolute Gasteiger partial charge is 0.208 e. The van der Waals surface area contributed by atoms with Crippen molar-refractivity contribution in [2.75, 3.05) is 0 Å². The van der Waals surface area contributed by atoms with E-state index in [0.29, 0.717) is 17.5 Å². The molecule has 2 heterocycles. The summed E-state index contributed by atoms with van der Waals surface area (Å²) in [5.74, 6) is 1.92. The van der Waals surface area contributed by atoms with Crippen LogP contribution in [0.15, 0.2) is 224 Å². The number of rotatable bonds is 6. The molecule has 302 valence electrons. The molecule has 11 aromatic carbocycles. The first kappa shape index (κ1) is 37.3. The molecule has 0 aliphatic carbocycles. The van der Waals surface area contributed by atoms with Crippen LogP contribution in [0.1, 0.15) is 0 Å². The van der Waals surface area contributed by atoms with Gasteiger partial charge in [0.15, 0.2) is 17.5 Å². The molecule has 0 aliphatic rings. The standard InChI is InChI=1S/C61H37N3S/c1-2-14-38(15-3-1)42-30-28-39-29-31-43(37-44(39)36-42)46-34-35-54(50-22-9-8-21-48(46)50)59-62-60(55-26-13-25-53-51-23-10-11-27-56(51)65-58(53)55)64-61(63-59)57-47-20-7-5-17-41(47)32-33-52(57)49-24-12-18-40-16-4-6-19-45(40)49/h1-37H. The first-order chi connectivity index (χ1) is 32.2. The van der Waals surface area contributed by atoms with Gasteiger partial charge in [-0.15, -0.1) is 11.3 Å². The molecule has 0 unspecified atom stereocenters. The minimum atomic E-state index is 0.633. The van der Waals surface area contributed by atoms with Gasteiger partial charge in [0.1, 0.15) is 0 Å². The number of thiophene rings is 1.